The van der Waals surface area contributed by atoms with Crippen molar-refractivity contribution in [3.63, 3.8) is 0 Å². The lowest BCUT2D eigenvalue weighted by Gasteiger charge is -1.93. The van der Waals surface area contributed by atoms with Gasteiger partial charge in [0.05, 0.1) is 0 Å². The summed E-state index contributed by atoms with van der Waals surface area (Å²) in [6, 6.07) is 0. The van der Waals surface area contributed by atoms with E-state index in [0.717, 1.165) is 17.6 Å². The van der Waals surface area contributed by atoms with Crippen molar-refractivity contribution in [3.05, 3.63) is 36.5 Å². The van der Waals surface area contributed by atoms with Crippen molar-refractivity contribution in [1.82, 2.24) is 0 Å². The highest BCUT2D eigenvalue weighted by molar-refractivity contribution is 5.22. The van der Waals surface area contributed by atoms with Gasteiger partial charge in [-0.05, 0) is 13.3 Å². The summed E-state index contributed by atoms with van der Waals surface area (Å²) in [6.45, 7) is 16.1. The molecular formula is C17H32. The monoisotopic (exact) mass is 236 g/mol. The average molecular weight is 236 g/mol. The van der Waals surface area contributed by atoms with E-state index in [0.29, 0.717) is 0 Å². The van der Waals surface area contributed by atoms with E-state index in [1.165, 1.54) is 38.5 Å². The highest BCUT2D eigenvalue weighted by Crippen LogP contribution is 2.03. The molecule has 0 aromatic carbocycles. The highest BCUT2D eigenvalue weighted by Gasteiger charge is 1.83. The van der Waals surface area contributed by atoms with Crippen molar-refractivity contribution in [3.8, 4) is 0 Å². The Morgan fingerprint density at radius 3 is 1.59 bits per heavy atom. The molecule has 0 aliphatic heterocycles. The van der Waals surface area contributed by atoms with Crippen LogP contribution in [-0.2, 0) is 0 Å². The number of hydrogen-bond donors (Lipinski definition) is 0. The Kier molecular flexibility index (Phi) is 16.6. The van der Waals surface area contributed by atoms with Gasteiger partial charge in [0.2, 0.25) is 0 Å². The van der Waals surface area contributed by atoms with Crippen LogP contribution in [0.15, 0.2) is 36.5 Å². The first-order chi connectivity index (χ1) is 8.08. The summed E-state index contributed by atoms with van der Waals surface area (Å²) in [5.41, 5.74) is 2.22. The van der Waals surface area contributed by atoms with E-state index in [1.807, 2.05) is 19.1 Å². The standard InChI is InChI=1S/C9H14.C8H18/c1-5-9(4)7-6-8(2)3;1-3-5-7-8-6-4-2/h6-7H,2,4-5H2,1,3H3;3-8H2,1-2H3/b7-6-;. The second-order valence-electron chi connectivity index (χ2n) is 4.61. The fourth-order valence-electron chi connectivity index (χ4n) is 1.23. The maximum absolute atomic E-state index is 3.82. The Balaban J connectivity index is 0. The van der Waals surface area contributed by atoms with E-state index >= 15 is 0 Å². The summed E-state index contributed by atoms with van der Waals surface area (Å²) in [6.07, 6.45) is 13.5. The van der Waals surface area contributed by atoms with Crippen LogP contribution in [0.4, 0.5) is 0 Å². The van der Waals surface area contributed by atoms with Gasteiger partial charge in [-0.1, -0.05) is 95.8 Å². The summed E-state index contributed by atoms with van der Waals surface area (Å²) in [5.74, 6) is 0. The number of allylic oxidation sites excluding steroid dienone is 4. The fourth-order valence-corrected chi connectivity index (χ4v) is 1.23. The summed E-state index contributed by atoms with van der Waals surface area (Å²) >= 11 is 0. The van der Waals surface area contributed by atoms with Gasteiger partial charge in [0.1, 0.15) is 0 Å². The van der Waals surface area contributed by atoms with Gasteiger partial charge in [-0.2, -0.15) is 0 Å². The van der Waals surface area contributed by atoms with E-state index in [-0.39, 0.29) is 0 Å². The maximum atomic E-state index is 3.82. The predicted molar refractivity (Wildman–Crippen MR) is 82.4 cm³/mol. The van der Waals surface area contributed by atoms with Gasteiger partial charge >= 0.3 is 0 Å². The molecular weight excluding hydrogens is 204 g/mol. The van der Waals surface area contributed by atoms with Crippen LogP contribution >= 0.6 is 0 Å². The molecule has 0 saturated carbocycles. The molecule has 0 nitrogen and oxygen atoms in total. The van der Waals surface area contributed by atoms with Gasteiger partial charge in [0, 0.05) is 0 Å². The third-order valence-corrected chi connectivity index (χ3v) is 2.51. The molecule has 0 radical (unpaired) electrons. The number of unbranched alkanes of at least 4 members (excludes halogenated alkanes) is 5. The quantitative estimate of drug-likeness (QED) is 0.335. The van der Waals surface area contributed by atoms with Crippen LogP contribution in [0, 0.1) is 0 Å². The normalized spacial score (nSPS) is 9.88. The van der Waals surface area contributed by atoms with E-state index < -0.39 is 0 Å². The summed E-state index contributed by atoms with van der Waals surface area (Å²) in [7, 11) is 0. The predicted octanol–water partition coefficient (Wildman–Crippen LogP) is 6.45. The highest BCUT2D eigenvalue weighted by atomic mass is 13.9. The molecule has 0 spiro atoms. The zero-order valence-corrected chi connectivity index (χ0v) is 12.5. The Bertz CT molecular complexity index is 202. The summed E-state index contributed by atoms with van der Waals surface area (Å²) in [5, 5.41) is 0. The lowest BCUT2D eigenvalue weighted by atomic mass is 10.1. The minimum atomic E-state index is 1.02. The minimum Gasteiger partial charge on any atom is -0.0961 e. The van der Waals surface area contributed by atoms with Crippen molar-refractivity contribution in [1.29, 1.82) is 0 Å². The molecule has 0 aliphatic rings. The van der Waals surface area contributed by atoms with Crippen LogP contribution in [0.1, 0.15) is 72.6 Å². The molecule has 17 heavy (non-hydrogen) atoms. The van der Waals surface area contributed by atoms with Crippen LogP contribution in [0.2, 0.25) is 0 Å². The maximum Gasteiger partial charge on any atom is -0.0313 e. The molecule has 0 heteroatoms. The van der Waals surface area contributed by atoms with Crippen LogP contribution in [0.5, 0.6) is 0 Å². The Hall–Kier alpha value is -0.780. The topological polar surface area (TPSA) is 0 Å². The molecule has 0 aromatic heterocycles. The van der Waals surface area contributed by atoms with Gasteiger partial charge in [-0.25, -0.2) is 0 Å². The van der Waals surface area contributed by atoms with Crippen molar-refractivity contribution in [2.45, 2.75) is 72.6 Å². The largest absolute Gasteiger partial charge is 0.0961 e. The summed E-state index contributed by atoms with van der Waals surface area (Å²) in [4.78, 5) is 0. The third-order valence-electron chi connectivity index (χ3n) is 2.51. The van der Waals surface area contributed by atoms with Crippen LogP contribution in [0.3, 0.4) is 0 Å². The third kappa shape index (κ3) is 21.1. The first-order valence-corrected chi connectivity index (χ1v) is 7.09. The summed E-state index contributed by atoms with van der Waals surface area (Å²) < 4.78 is 0. The molecule has 100 valence electrons. The fraction of sp³-hybridized carbons (Fsp3) is 0.647. The molecule has 0 fully saturated rings. The molecule has 0 bridgehead atoms. The van der Waals surface area contributed by atoms with Crippen molar-refractivity contribution in [2.75, 3.05) is 0 Å². The van der Waals surface area contributed by atoms with Crippen LogP contribution in [-0.4, -0.2) is 0 Å². The van der Waals surface area contributed by atoms with Crippen molar-refractivity contribution in [2.24, 2.45) is 0 Å². The first-order valence-electron chi connectivity index (χ1n) is 7.09. The Labute approximate surface area is 110 Å². The lowest BCUT2D eigenvalue weighted by Crippen LogP contribution is -1.73. The Morgan fingerprint density at radius 2 is 1.29 bits per heavy atom. The molecule has 0 heterocycles. The van der Waals surface area contributed by atoms with E-state index in [1.54, 1.807) is 0 Å². The van der Waals surface area contributed by atoms with Crippen LogP contribution < -0.4 is 0 Å². The second kappa shape index (κ2) is 15.2. The first kappa shape index (κ1) is 18.6. The van der Waals surface area contributed by atoms with Gasteiger partial charge in [0.25, 0.3) is 0 Å². The van der Waals surface area contributed by atoms with Gasteiger partial charge in [0.15, 0.2) is 0 Å². The number of hydrogen-bond acceptors (Lipinski definition) is 0. The van der Waals surface area contributed by atoms with Gasteiger partial charge in [-0.15, -0.1) is 0 Å². The molecule has 0 saturated heterocycles. The molecule has 0 aliphatic carbocycles. The van der Waals surface area contributed by atoms with Crippen molar-refractivity contribution >= 4 is 0 Å². The number of rotatable bonds is 8. The molecule has 0 amide bonds. The average Bonchev–Trinajstić information content (AvgIpc) is 2.32. The van der Waals surface area contributed by atoms with Gasteiger partial charge < -0.3 is 0 Å². The van der Waals surface area contributed by atoms with Crippen molar-refractivity contribution < 1.29 is 0 Å². The van der Waals surface area contributed by atoms with E-state index in [9.17, 15) is 0 Å². The smallest absolute Gasteiger partial charge is 0.0313 e. The van der Waals surface area contributed by atoms with Gasteiger partial charge in [-0.3, -0.25) is 0 Å². The van der Waals surface area contributed by atoms with Crippen LogP contribution in [0.25, 0.3) is 0 Å². The molecule has 0 N–H and O–H groups in total. The molecule has 0 unspecified atom stereocenters. The second-order valence-corrected chi connectivity index (χ2v) is 4.61. The lowest BCUT2D eigenvalue weighted by molar-refractivity contribution is 0.624. The molecule has 0 atom stereocenters. The van der Waals surface area contributed by atoms with E-state index in [4.69, 9.17) is 0 Å². The zero-order valence-electron chi connectivity index (χ0n) is 12.5. The minimum absolute atomic E-state index is 1.02. The zero-order chi connectivity index (χ0) is 13.5. The Morgan fingerprint density at radius 1 is 0.824 bits per heavy atom. The molecule has 0 rings (SSSR count). The van der Waals surface area contributed by atoms with E-state index in [2.05, 4.69) is 33.9 Å². The molecule has 0 aromatic rings. The SMILES string of the molecule is C=C(C)/C=C\C(=C)CC.CCCCCCCC.